The minimum absolute atomic E-state index is 0.0231. The zero-order valence-corrected chi connectivity index (χ0v) is 15.6. The van der Waals surface area contributed by atoms with Gasteiger partial charge in [0.2, 0.25) is 5.91 Å². The van der Waals surface area contributed by atoms with E-state index in [0.29, 0.717) is 10.8 Å². The Balaban J connectivity index is 1.60. The number of amides is 1. The van der Waals surface area contributed by atoms with E-state index < -0.39 is 4.92 Å². The van der Waals surface area contributed by atoms with E-state index in [1.54, 1.807) is 0 Å². The Morgan fingerprint density at radius 3 is 2.44 bits per heavy atom. The lowest BCUT2D eigenvalue weighted by Gasteiger charge is -2.06. The summed E-state index contributed by atoms with van der Waals surface area (Å²) in [5.41, 5.74) is 2.60. The molecule has 27 heavy (non-hydrogen) atoms. The standard InChI is InChI=1S/C18H17N5O3S/c1-12-3-5-13(6-4-12)17-20-21-18(22(17)2)27-11-16(24)19-14-7-9-15(10-8-14)23(25)26/h3-10H,11H2,1-2H3,(H,19,24). The van der Waals surface area contributed by atoms with Crippen molar-refractivity contribution in [3.8, 4) is 11.4 Å². The lowest BCUT2D eigenvalue weighted by molar-refractivity contribution is -0.384. The number of nitro groups is 1. The molecule has 3 rings (SSSR count). The fraction of sp³-hybridized carbons (Fsp3) is 0.167. The lowest BCUT2D eigenvalue weighted by atomic mass is 10.1. The van der Waals surface area contributed by atoms with Crippen molar-refractivity contribution in [3.05, 3.63) is 64.2 Å². The van der Waals surface area contributed by atoms with Gasteiger partial charge in [-0.15, -0.1) is 10.2 Å². The van der Waals surface area contributed by atoms with Crippen LogP contribution in [-0.2, 0) is 11.8 Å². The molecular weight excluding hydrogens is 366 g/mol. The number of aromatic nitrogens is 3. The largest absolute Gasteiger partial charge is 0.325 e. The summed E-state index contributed by atoms with van der Waals surface area (Å²) in [6.07, 6.45) is 0. The number of aryl methyl sites for hydroxylation is 1. The smallest absolute Gasteiger partial charge is 0.269 e. The Hall–Kier alpha value is -3.20. The van der Waals surface area contributed by atoms with Gasteiger partial charge < -0.3 is 9.88 Å². The molecule has 1 aromatic heterocycles. The summed E-state index contributed by atoms with van der Waals surface area (Å²) in [7, 11) is 1.85. The predicted octanol–water partition coefficient (Wildman–Crippen LogP) is 3.43. The monoisotopic (exact) mass is 383 g/mol. The van der Waals surface area contributed by atoms with Crippen molar-refractivity contribution in [1.29, 1.82) is 0 Å². The molecule has 0 saturated carbocycles. The molecule has 0 fully saturated rings. The van der Waals surface area contributed by atoms with Crippen LogP contribution < -0.4 is 5.32 Å². The second-order valence-corrected chi connectivity index (χ2v) is 6.81. The van der Waals surface area contributed by atoms with Crippen molar-refractivity contribution in [2.24, 2.45) is 7.05 Å². The van der Waals surface area contributed by atoms with Gasteiger partial charge in [-0.3, -0.25) is 14.9 Å². The van der Waals surface area contributed by atoms with Gasteiger partial charge in [0.15, 0.2) is 11.0 Å². The minimum Gasteiger partial charge on any atom is -0.325 e. The third-order valence-corrected chi connectivity index (χ3v) is 4.86. The maximum Gasteiger partial charge on any atom is 0.269 e. The molecule has 0 saturated heterocycles. The number of non-ortho nitro benzene ring substituents is 1. The fourth-order valence-electron chi connectivity index (χ4n) is 2.39. The molecule has 1 N–H and O–H groups in total. The van der Waals surface area contributed by atoms with E-state index >= 15 is 0 Å². The first kappa shape index (κ1) is 18.6. The van der Waals surface area contributed by atoms with Gasteiger partial charge >= 0.3 is 0 Å². The van der Waals surface area contributed by atoms with Crippen LogP contribution in [0.2, 0.25) is 0 Å². The molecule has 1 amide bonds. The first-order valence-electron chi connectivity index (χ1n) is 8.07. The number of hydrogen-bond donors (Lipinski definition) is 1. The number of benzene rings is 2. The molecule has 0 aliphatic carbocycles. The Kier molecular flexibility index (Phi) is 5.51. The fourth-order valence-corrected chi connectivity index (χ4v) is 3.10. The highest BCUT2D eigenvalue weighted by molar-refractivity contribution is 7.99. The first-order valence-corrected chi connectivity index (χ1v) is 9.06. The number of rotatable bonds is 6. The average Bonchev–Trinajstić information content (AvgIpc) is 3.02. The molecular formula is C18H17N5O3S. The molecule has 0 atom stereocenters. The van der Waals surface area contributed by atoms with Crippen LogP contribution in [0.15, 0.2) is 53.7 Å². The number of carbonyl (C=O) groups excluding carboxylic acids is 1. The zero-order chi connectivity index (χ0) is 19.4. The van der Waals surface area contributed by atoms with Crippen molar-refractivity contribution in [1.82, 2.24) is 14.8 Å². The molecule has 2 aromatic carbocycles. The van der Waals surface area contributed by atoms with E-state index in [2.05, 4.69) is 15.5 Å². The highest BCUT2D eigenvalue weighted by Crippen LogP contribution is 2.23. The summed E-state index contributed by atoms with van der Waals surface area (Å²) >= 11 is 1.27. The van der Waals surface area contributed by atoms with Gasteiger partial charge in [-0.2, -0.15) is 0 Å². The van der Waals surface area contributed by atoms with Crippen LogP contribution in [0.1, 0.15) is 5.56 Å². The third kappa shape index (κ3) is 4.50. The van der Waals surface area contributed by atoms with Crippen molar-refractivity contribution in [2.45, 2.75) is 12.1 Å². The van der Waals surface area contributed by atoms with Gasteiger partial charge in [-0.05, 0) is 19.1 Å². The summed E-state index contributed by atoms with van der Waals surface area (Å²) in [6.45, 7) is 2.02. The Morgan fingerprint density at radius 2 is 1.81 bits per heavy atom. The third-order valence-electron chi connectivity index (χ3n) is 3.84. The van der Waals surface area contributed by atoms with E-state index in [1.165, 1.54) is 41.6 Å². The Bertz CT molecular complexity index is 968. The molecule has 3 aromatic rings. The molecule has 0 unspecified atom stereocenters. The van der Waals surface area contributed by atoms with Gasteiger partial charge in [0.25, 0.3) is 5.69 Å². The zero-order valence-electron chi connectivity index (χ0n) is 14.7. The van der Waals surface area contributed by atoms with Crippen LogP contribution in [0, 0.1) is 17.0 Å². The van der Waals surface area contributed by atoms with Crippen LogP contribution in [0.4, 0.5) is 11.4 Å². The molecule has 138 valence electrons. The van der Waals surface area contributed by atoms with Crippen molar-refractivity contribution < 1.29 is 9.72 Å². The quantitative estimate of drug-likeness (QED) is 0.397. The van der Waals surface area contributed by atoms with Crippen LogP contribution in [0.3, 0.4) is 0 Å². The molecule has 1 heterocycles. The van der Waals surface area contributed by atoms with Crippen molar-refractivity contribution >= 4 is 29.0 Å². The van der Waals surface area contributed by atoms with E-state index in [0.717, 1.165) is 11.4 Å². The summed E-state index contributed by atoms with van der Waals surface area (Å²) in [5, 5.41) is 22.3. The molecule has 9 heteroatoms. The second kappa shape index (κ2) is 8.00. The highest BCUT2D eigenvalue weighted by atomic mass is 32.2. The lowest BCUT2D eigenvalue weighted by Crippen LogP contribution is -2.14. The van der Waals surface area contributed by atoms with E-state index in [1.807, 2.05) is 42.8 Å². The number of anilines is 1. The van der Waals surface area contributed by atoms with Crippen molar-refractivity contribution in [3.63, 3.8) is 0 Å². The number of hydrogen-bond acceptors (Lipinski definition) is 6. The van der Waals surface area contributed by atoms with Crippen LogP contribution in [-0.4, -0.2) is 31.3 Å². The molecule has 0 aliphatic heterocycles. The molecule has 0 spiro atoms. The summed E-state index contributed by atoms with van der Waals surface area (Å²) < 4.78 is 1.84. The van der Waals surface area contributed by atoms with Gasteiger partial charge in [0.05, 0.1) is 10.7 Å². The van der Waals surface area contributed by atoms with Gasteiger partial charge in [-0.25, -0.2) is 0 Å². The van der Waals surface area contributed by atoms with E-state index in [9.17, 15) is 14.9 Å². The highest BCUT2D eigenvalue weighted by Gasteiger charge is 2.13. The molecule has 8 nitrogen and oxygen atoms in total. The van der Waals surface area contributed by atoms with Gasteiger partial charge in [0.1, 0.15) is 0 Å². The minimum atomic E-state index is -0.485. The summed E-state index contributed by atoms with van der Waals surface area (Å²) in [6, 6.07) is 13.7. The van der Waals surface area contributed by atoms with Gasteiger partial charge in [-0.1, -0.05) is 41.6 Å². The number of carbonyl (C=O) groups is 1. The Labute approximate surface area is 159 Å². The van der Waals surface area contributed by atoms with Gasteiger partial charge in [0, 0.05) is 30.4 Å². The first-order chi connectivity index (χ1) is 12.9. The maximum atomic E-state index is 12.1. The van der Waals surface area contributed by atoms with E-state index in [-0.39, 0.29) is 17.3 Å². The van der Waals surface area contributed by atoms with E-state index in [4.69, 9.17) is 0 Å². The van der Waals surface area contributed by atoms with Crippen LogP contribution in [0.5, 0.6) is 0 Å². The molecule has 0 radical (unpaired) electrons. The average molecular weight is 383 g/mol. The number of thioether (sulfide) groups is 1. The summed E-state index contributed by atoms with van der Waals surface area (Å²) in [4.78, 5) is 22.3. The van der Waals surface area contributed by atoms with Crippen molar-refractivity contribution in [2.75, 3.05) is 11.1 Å². The second-order valence-electron chi connectivity index (χ2n) is 5.87. The summed E-state index contributed by atoms with van der Waals surface area (Å²) in [5.74, 6) is 0.652. The number of nitro benzene ring substituents is 1. The molecule has 0 bridgehead atoms. The molecule has 0 aliphatic rings. The van der Waals surface area contributed by atoms with Crippen LogP contribution in [0.25, 0.3) is 11.4 Å². The number of nitrogens with one attached hydrogen (secondary N) is 1. The Morgan fingerprint density at radius 1 is 1.15 bits per heavy atom. The maximum absolute atomic E-state index is 12.1. The predicted molar refractivity (Wildman–Crippen MR) is 104 cm³/mol. The topological polar surface area (TPSA) is 103 Å². The van der Waals surface area contributed by atoms with Crippen LogP contribution >= 0.6 is 11.8 Å². The normalized spacial score (nSPS) is 10.6. The number of nitrogens with zero attached hydrogens (tertiary/aromatic N) is 4. The SMILES string of the molecule is Cc1ccc(-c2nnc(SCC(=O)Nc3ccc([N+](=O)[O-])cc3)n2C)cc1.